The van der Waals surface area contributed by atoms with Crippen molar-refractivity contribution in [1.29, 1.82) is 0 Å². The normalized spacial score (nSPS) is 29.7. The average Bonchev–Trinajstić information content (AvgIpc) is 1.89. The van der Waals surface area contributed by atoms with E-state index in [2.05, 4.69) is 5.32 Å². The number of hydrogen-bond donors (Lipinski definition) is 1. The third-order valence-electron chi connectivity index (χ3n) is 1.08. The Labute approximate surface area is 62.3 Å². The Hall–Kier alpha value is -1.03. The lowest BCUT2D eigenvalue weighted by atomic mass is 10.3. The van der Waals surface area contributed by atoms with Gasteiger partial charge < -0.3 is 5.32 Å². The first-order valence-electron chi connectivity index (χ1n) is 2.61. The third-order valence-corrected chi connectivity index (χ3v) is 1.45. The Bertz CT molecular complexity index is 214. The van der Waals surface area contributed by atoms with Gasteiger partial charge in [0.05, 0.1) is 4.92 Å². The molecule has 0 aliphatic carbocycles. The summed E-state index contributed by atoms with van der Waals surface area (Å²) in [7, 11) is 0. The number of nitro groups is 1. The second-order valence-corrected chi connectivity index (χ2v) is 2.37. The van der Waals surface area contributed by atoms with E-state index in [0.29, 0.717) is 0 Å². The Morgan fingerprint density at radius 3 is 2.60 bits per heavy atom. The van der Waals surface area contributed by atoms with Crippen LogP contribution in [-0.2, 0) is 0 Å². The number of rotatable bonds is 1. The molecule has 1 heterocycles. The van der Waals surface area contributed by atoms with Gasteiger partial charge >= 0.3 is 5.12 Å². The summed E-state index contributed by atoms with van der Waals surface area (Å²) in [5.41, 5.74) is 0. The summed E-state index contributed by atoms with van der Waals surface area (Å²) in [6.07, 6.45) is 5.85. The van der Waals surface area contributed by atoms with Crippen molar-refractivity contribution in [1.82, 2.24) is 5.32 Å². The van der Waals surface area contributed by atoms with Crippen molar-refractivity contribution < 1.29 is 4.92 Å². The molecular formula is C5H5ClN2O2. The van der Waals surface area contributed by atoms with E-state index in [1.165, 1.54) is 18.4 Å². The fourth-order valence-electron chi connectivity index (χ4n) is 0.565. The Morgan fingerprint density at radius 1 is 1.60 bits per heavy atom. The molecule has 0 bridgehead atoms. The highest BCUT2D eigenvalue weighted by molar-refractivity contribution is 6.23. The van der Waals surface area contributed by atoms with Crippen LogP contribution in [0.4, 0.5) is 0 Å². The van der Waals surface area contributed by atoms with Crippen LogP contribution in [0.1, 0.15) is 0 Å². The average molecular weight is 161 g/mol. The van der Waals surface area contributed by atoms with Crippen LogP contribution in [0.2, 0.25) is 0 Å². The van der Waals surface area contributed by atoms with Crippen LogP contribution in [0, 0.1) is 10.1 Å². The van der Waals surface area contributed by atoms with Gasteiger partial charge in [0.25, 0.3) is 0 Å². The first kappa shape index (κ1) is 7.08. The van der Waals surface area contributed by atoms with Crippen molar-refractivity contribution in [3.8, 4) is 0 Å². The van der Waals surface area contributed by atoms with Crippen molar-refractivity contribution in [3.05, 3.63) is 34.5 Å². The molecule has 0 saturated heterocycles. The van der Waals surface area contributed by atoms with Crippen molar-refractivity contribution in [3.63, 3.8) is 0 Å². The molecule has 0 aromatic heterocycles. The SMILES string of the molecule is O=[N+]([O-])C1(Cl)C=CC=CN1. The highest BCUT2D eigenvalue weighted by Crippen LogP contribution is 2.16. The monoisotopic (exact) mass is 160 g/mol. The smallest absolute Gasteiger partial charge is 0.311 e. The molecular weight excluding hydrogens is 156 g/mol. The molecule has 1 aliphatic rings. The highest BCUT2D eigenvalue weighted by Gasteiger charge is 2.36. The van der Waals surface area contributed by atoms with E-state index < -0.39 is 10.0 Å². The van der Waals surface area contributed by atoms with Crippen molar-refractivity contribution in [2.24, 2.45) is 0 Å². The summed E-state index contributed by atoms with van der Waals surface area (Å²) in [6.45, 7) is 0. The summed E-state index contributed by atoms with van der Waals surface area (Å²) in [5.74, 6) is 0. The fraction of sp³-hybridized carbons (Fsp3) is 0.200. The molecule has 0 saturated carbocycles. The lowest BCUT2D eigenvalue weighted by Crippen LogP contribution is -2.43. The molecule has 5 heteroatoms. The zero-order valence-corrected chi connectivity index (χ0v) is 5.71. The predicted octanol–water partition coefficient (Wildman–Crippen LogP) is 0.829. The second-order valence-electron chi connectivity index (χ2n) is 1.79. The first-order valence-corrected chi connectivity index (χ1v) is 2.98. The summed E-state index contributed by atoms with van der Waals surface area (Å²) >= 11 is 5.46. The maximum atomic E-state index is 10.2. The van der Waals surface area contributed by atoms with E-state index in [1.807, 2.05) is 0 Å². The molecule has 0 fully saturated rings. The summed E-state index contributed by atoms with van der Waals surface area (Å²) < 4.78 is 0. The molecule has 0 spiro atoms. The zero-order chi connectivity index (χ0) is 7.61. The van der Waals surface area contributed by atoms with Crippen LogP contribution in [0.3, 0.4) is 0 Å². The zero-order valence-electron chi connectivity index (χ0n) is 4.95. The fourth-order valence-corrected chi connectivity index (χ4v) is 0.701. The quantitative estimate of drug-likeness (QED) is 0.268. The lowest BCUT2D eigenvalue weighted by molar-refractivity contribution is -0.533. The van der Waals surface area contributed by atoms with E-state index in [1.54, 1.807) is 6.08 Å². The molecule has 1 rings (SSSR count). The van der Waals surface area contributed by atoms with Gasteiger partial charge in [-0.15, -0.1) is 0 Å². The molecule has 1 N–H and O–H groups in total. The van der Waals surface area contributed by atoms with Crippen LogP contribution in [0.15, 0.2) is 24.4 Å². The van der Waals surface area contributed by atoms with Gasteiger partial charge in [-0.25, -0.2) is 0 Å². The van der Waals surface area contributed by atoms with Crippen molar-refractivity contribution >= 4 is 11.6 Å². The Morgan fingerprint density at radius 2 is 2.30 bits per heavy atom. The highest BCUT2D eigenvalue weighted by atomic mass is 35.5. The molecule has 10 heavy (non-hydrogen) atoms. The summed E-state index contributed by atoms with van der Waals surface area (Å²) in [6, 6.07) is 0. The minimum absolute atomic E-state index is 0.603. The van der Waals surface area contributed by atoms with Crippen LogP contribution in [0.25, 0.3) is 0 Å². The minimum atomic E-state index is -1.64. The van der Waals surface area contributed by atoms with Crippen molar-refractivity contribution in [2.75, 3.05) is 0 Å². The minimum Gasteiger partial charge on any atom is -0.311 e. The maximum absolute atomic E-state index is 10.2. The van der Waals surface area contributed by atoms with Gasteiger partial charge in [0.15, 0.2) is 0 Å². The number of alkyl halides is 1. The van der Waals surface area contributed by atoms with Gasteiger partial charge in [-0.05, 0) is 17.7 Å². The lowest BCUT2D eigenvalue weighted by Gasteiger charge is -2.15. The molecule has 1 unspecified atom stereocenters. The predicted molar refractivity (Wildman–Crippen MR) is 37.0 cm³/mol. The Kier molecular flexibility index (Phi) is 1.63. The topological polar surface area (TPSA) is 55.2 Å². The number of halogens is 1. The number of dihydropyridines is 1. The molecule has 0 radical (unpaired) electrons. The first-order chi connectivity index (χ1) is 4.65. The van der Waals surface area contributed by atoms with Gasteiger partial charge in [-0.1, -0.05) is 6.08 Å². The van der Waals surface area contributed by atoms with Gasteiger partial charge in [0.1, 0.15) is 0 Å². The molecule has 0 aromatic carbocycles. The van der Waals surface area contributed by atoms with Gasteiger partial charge in [-0.3, -0.25) is 10.1 Å². The number of allylic oxidation sites excluding steroid dienone is 2. The molecule has 4 nitrogen and oxygen atoms in total. The standard InChI is InChI=1S/C5H5ClN2O2/c6-5(8(9)10)3-1-2-4-7-5/h1-4,7H. The molecule has 0 amide bonds. The third kappa shape index (κ3) is 1.11. The Balaban J connectivity index is 2.80. The molecule has 1 atom stereocenters. The van der Waals surface area contributed by atoms with Crippen LogP contribution in [-0.4, -0.2) is 10.0 Å². The van der Waals surface area contributed by atoms with Gasteiger partial charge in [0.2, 0.25) is 0 Å². The van der Waals surface area contributed by atoms with E-state index >= 15 is 0 Å². The van der Waals surface area contributed by atoms with E-state index in [4.69, 9.17) is 11.6 Å². The molecule has 1 aliphatic heterocycles. The van der Waals surface area contributed by atoms with Crippen molar-refractivity contribution in [2.45, 2.75) is 5.12 Å². The van der Waals surface area contributed by atoms with E-state index in [9.17, 15) is 10.1 Å². The van der Waals surface area contributed by atoms with Crippen LogP contribution in [0.5, 0.6) is 0 Å². The maximum Gasteiger partial charge on any atom is 0.391 e. The number of nitrogens with zero attached hydrogens (tertiary/aromatic N) is 1. The largest absolute Gasteiger partial charge is 0.391 e. The molecule has 0 aromatic rings. The van der Waals surface area contributed by atoms with E-state index in [-0.39, 0.29) is 0 Å². The van der Waals surface area contributed by atoms with E-state index in [0.717, 1.165) is 0 Å². The number of hydrogen-bond acceptors (Lipinski definition) is 3. The molecule has 54 valence electrons. The summed E-state index contributed by atoms with van der Waals surface area (Å²) in [5, 5.41) is 11.0. The van der Waals surface area contributed by atoms with Crippen LogP contribution >= 0.6 is 11.6 Å². The van der Waals surface area contributed by atoms with Gasteiger partial charge in [-0.2, -0.15) is 0 Å². The van der Waals surface area contributed by atoms with Crippen LogP contribution < -0.4 is 5.32 Å². The second kappa shape index (κ2) is 2.30. The number of nitrogens with one attached hydrogen (secondary N) is 1. The summed E-state index contributed by atoms with van der Waals surface area (Å²) in [4.78, 5) is 9.60. The van der Waals surface area contributed by atoms with Gasteiger partial charge in [0, 0.05) is 12.3 Å².